The van der Waals surface area contributed by atoms with Gasteiger partial charge in [-0.15, -0.1) is 0 Å². The molecule has 0 amide bonds. The summed E-state index contributed by atoms with van der Waals surface area (Å²) in [6.45, 7) is 0. The van der Waals surface area contributed by atoms with Gasteiger partial charge in [0, 0.05) is 0 Å². The average Bonchev–Trinajstić information content (AvgIpc) is 2.78. The molecule has 1 N–H and O–H groups in total. The summed E-state index contributed by atoms with van der Waals surface area (Å²) >= 11 is 0. The molecule has 3 aromatic carbocycles. The zero-order chi connectivity index (χ0) is 21.8. The minimum atomic E-state index is -5.17. The highest BCUT2D eigenvalue weighted by Gasteiger charge is 2.61. The molecule has 0 saturated carbocycles. The molecule has 0 aliphatic carbocycles. The van der Waals surface area contributed by atoms with E-state index in [1.165, 1.54) is 42.5 Å². The summed E-state index contributed by atoms with van der Waals surface area (Å²) in [5.41, 5.74) is 0.535. The Labute approximate surface area is 175 Å². The summed E-state index contributed by atoms with van der Waals surface area (Å²) in [7, 11) is -10.3. The second-order valence-corrected chi connectivity index (χ2v) is 10.8. The van der Waals surface area contributed by atoms with Crippen LogP contribution in [0.2, 0.25) is 0 Å². The first kappa shape index (κ1) is 21.9. The summed E-state index contributed by atoms with van der Waals surface area (Å²) < 4.78 is 65.0. The van der Waals surface area contributed by atoms with E-state index < -0.39 is 39.9 Å². The van der Waals surface area contributed by atoms with Crippen LogP contribution in [0, 0.1) is 0 Å². The number of sulfone groups is 2. The minimum absolute atomic E-state index is 0.535. The summed E-state index contributed by atoms with van der Waals surface area (Å²) in [5.74, 6) is 0. The molecule has 0 fully saturated rings. The highest BCUT2D eigenvalue weighted by molar-refractivity contribution is 8.10. The monoisotopic (exact) mass is 446 g/mol. The van der Waals surface area contributed by atoms with Gasteiger partial charge in [-0.1, -0.05) is 78.9 Å². The highest BCUT2D eigenvalue weighted by Crippen LogP contribution is 2.40. The lowest BCUT2D eigenvalue weighted by Crippen LogP contribution is -2.51. The first-order chi connectivity index (χ1) is 14.2. The molecule has 0 heterocycles. The van der Waals surface area contributed by atoms with Crippen molar-refractivity contribution in [1.29, 1.82) is 0 Å². The maximum atomic E-state index is 16.3. The standard InChI is InChI=1S/C22H19FO5S2/c23-22(29(25,26)19-12-6-2-7-13-19,30(27,28)20-14-8-3-9-15-20)21(24)17-16-18-10-4-1-5-11-18/h1-17,21,24H/b17-16+. The van der Waals surface area contributed by atoms with Crippen molar-refractivity contribution in [3.8, 4) is 0 Å². The van der Waals surface area contributed by atoms with E-state index in [1.807, 2.05) is 0 Å². The molecule has 5 nitrogen and oxygen atoms in total. The van der Waals surface area contributed by atoms with E-state index in [-0.39, 0.29) is 0 Å². The first-order valence-corrected chi connectivity index (χ1v) is 11.9. The van der Waals surface area contributed by atoms with Crippen LogP contribution in [-0.4, -0.2) is 32.4 Å². The molecule has 0 aliphatic heterocycles. The van der Waals surface area contributed by atoms with Crippen molar-refractivity contribution in [2.45, 2.75) is 20.2 Å². The maximum Gasteiger partial charge on any atom is 0.346 e. The summed E-state index contributed by atoms with van der Waals surface area (Å²) in [6, 6.07) is 21.1. The largest absolute Gasteiger partial charge is 0.383 e. The zero-order valence-corrected chi connectivity index (χ0v) is 17.3. The molecular formula is C22H19FO5S2. The third-order valence-corrected chi connectivity index (χ3v) is 9.51. The number of halogens is 1. The summed E-state index contributed by atoms with van der Waals surface area (Å²) in [6.07, 6.45) is -0.399. The number of hydrogen-bond acceptors (Lipinski definition) is 5. The van der Waals surface area contributed by atoms with E-state index in [1.54, 1.807) is 30.3 Å². The maximum absolute atomic E-state index is 16.3. The van der Waals surface area contributed by atoms with Crippen molar-refractivity contribution in [1.82, 2.24) is 0 Å². The molecule has 0 bridgehead atoms. The fourth-order valence-electron chi connectivity index (χ4n) is 2.86. The van der Waals surface area contributed by atoms with Crippen LogP contribution in [0.3, 0.4) is 0 Å². The van der Waals surface area contributed by atoms with Gasteiger partial charge >= 0.3 is 4.33 Å². The van der Waals surface area contributed by atoms with Crippen LogP contribution in [-0.2, 0) is 19.7 Å². The highest BCUT2D eigenvalue weighted by atomic mass is 32.3. The van der Waals surface area contributed by atoms with E-state index in [9.17, 15) is 21.9 Å². The zero-order valence-electron chi connectivity index (χ0n) is 15.7. The van der Waals surface area contributed by atoms with Crippen molar-refractivity contribution in [2.75, 3.05) is 0 Å². The second kappa shape index (κ2) is 8.51. The Balaban J connectivity index is 2.20. The molecule has 0 aromatic heterocycles. The predicted molar refractivity (Wildman–Crippen MR) is 113 cm³/mol. The molecule has 30 heavy (non-hydrogen) atoms. The number of hydrogen-bond donors (Lipinski definition) is 1. The molecule has 3 rings (SSSR count). The van der Waals surface area contributed by atoms with Crippen LogP contribution in [0.25, 0.3) is 6.08 Å². The average molecular weight is 447 g/mol. The Kier molecular flexibility index (Phi) is 6.21. The summed E-state index contributed by atoms with van der Waals surface area (Å²) in [4.78, 5) is -1.11. The van der Waals surface area contributed by atoms with Crippen LogP contribution in [0.1, 0.15) is 5.56 Å². The van der Waals surface area contributed by atoms with Crippen LogP contribution in [0.4, 0.5) is 4.39 Å². The molecule has 0 aliphatic rings. The normalized spacial score (nSPS) is 13.9. The van der Waals surface area contributed by atoms with Crippen molar-refractivity contribution < 1.29 is 26.3 Å². The lowest BCUT2D eigenvalue weighted by Gasteiger charge is -2.28. The Morgan fingerprint density at radius 2 is 1.07 bits per heavy atom. The quantitative estimate of drug-likeness (QED) is 0.599. The van der Waals surface area contributed by atoms with Gasteiger partial charge in [-0.05, 0) is 29.8 Å². The molecule has 1 atom stereocenters. The van der Waals surface area contributed by atoms with Crippen molar-refractivity contribution >= 4 is 25.8 Å². The van der Waals surface area contributed by atoms with E-state index in [0.29, 0.717) is 5.56 Å². The molecule has 0 saturated heterocycles. The minimum Gasteiger partial charge on any atom is -0.383 e. The van der Waals surface area contributed by atoms with E-state index >= 15 is 4.39 Å². The van der Waals surface area contributed by atoms with Crippen LogP contribution in [0.15, 0.2) is 107 Å². The van der Waals surface area contributed by atoms with Crippen LogP contribution in [0.5, 0.6) is 0 Å². The van der Waals surface area contributed by atoms with Gasteiger partial charge in [-0.2, -0.15) is 0 Å². The number of rotatable bonds is 7. The smallest absolute Gasteiger partial charge is 0.346 e. The van der Waals surface area contributed by atoms with Gasteiger partial charge in [0.2, 0.25) is 19.7 Å². The van der Waals surface area contributed by atoms with E-state index in [2.05, 4.69) is 0 Å². The number of aliphatic hydroxyl groups is 1. The van der Waals surface area contributed by atoms with Gasteiger partial charge < -0.3 is 5.11 Å². The van der Waals surface area contributed by atoms with Gasteiger partial charge in [-0.25, -0.2) is 21.2 Å². The van der Waals surface area contributed by atoms with Crippen molar-refractivity contribution in [3.63, 3.8) is 0 Å². The topological polar surface area (TPSA) is 88.5 Å². The summed E-state index contributed by atoms with van der Waals surface area (Å²) in [5, 5.41) is 10.6. The number of aliphatic hydroxyl groups excluding tert-OH is 1. The lowest BCUT2D eigenvalue weighted by atomic mass is 10.2. The van der Waals surface area contributed by atoms with E-state index in [0.717, 1.165) is 30.3 Å². The van der Waals surface area contributed by atoms with Crippen molar-refractivity contribution in [2.24, 2.45) is 0 Å². The Morgan fingerprint density at radius 3 is 1.47 bits per heavy atom. The predicted octanol–water partition coefficient (Wildman–Crippen LogP) is 3.63. The lowest BCUT2D eigenvalue weighted by molar-refractivity contribution is 0.134. The Morgan fingerprint density at radius 1 is 0.700 bits per heavy atom. The Hall–Kier alpha value is -2.81. The molecule has 8 heteroatoms. The van der Waals surface area contributed by atoms with Crippen LogP contribution < -0.4 is 0 Å². The van der Waals surface area contributed by atoms with E-state index in [4.69, 9.17) is 0 Å². The Bertz CT molecular complexity index is 1150. The molecule has 0 radical (unpaired) electrons. The van der Waals surface area contributed by atoms with Gasteiger partial charge in [0.15, 0.2) is 0 Å². The molecular weight excluding hydrogens is 427 g/mol. The van der Waals surface area contributed by atoms with Crippen LogP contribution >= 0.6 is 0 Å². The third kappa shape index (κ3) is 3.81. The van der Waals surface area contributed by atoms with Crippen molar-refractivity contribution in [3.05, 3.63) is 103 Å². The van der Waals surface area contributed by atoms with Gasteiger partial charge in [-0.3, -0.25) is 0 Å². The van der Waals surface area contributed by atoms with Gasteiger partial charge in [0.25, 0.3) is 0 Å². The third-order valence-electron chi connectivity index (χ3n) is 4.46. The number of alkyl halides is 1. The SMILES string of the molecule is O=S(=O)(c1ccccc1)C(F)(C(O)/C=C/c1ccccc1)S(=O)(=O)c1ccccc1. The molecule has 1 unspecified atom stereocenters. The first-order valence-electron chi connectivity index (χ1n) is 8.91. The fraction of sp³-hybridized carbons (Fsp3) is 0.0909. The molecule has 156 valence electrons. The second-order valence-electron chi connectivity index (χ2n) is 6.43. The van der Waals surface area contributed by atoms with Gasteiger partial charge in [0.05, 0.1) is 9.79 Å². The van der Waals surface area contributed by atoms with Gasteiger partial charge in [0.1, 0.15) is 6.10 Å². The molecule has 0 spiro atoms. The fourth-order valence-corrected chi connectivity index (χ4v) is 7.06. The molecule has 3 aromatic rings. The number of benzene rings is 3.